The van der Waals surface area contributed by atoms with Gasteiger partial charge in [0.2, 0.25) is 0 Å². The van der Waals surface area contributed by atoms with Crippen LogP contribution in [-0.4, -0.2) is 23.3 Å². The Kier molecular flexibility index (Phi) is 3.11. The average Bonchev–Trinajstić information content (AvgIpc) is 2.30. The number of nitrogens with zero attached hydrogens (tertiary/aromatic N) is 1. The lowest BCUT2D eigenvalue weighted by molar-refractivity contribution is 0.00706. The van der Waals surface area contributed by atoms with Crippen molar-refractivity contribution in [3.05, 3.63) is 30.1 Å². The molecule has 0 bridgehead atoms. The Morgan fingerprint density at radius 2 is 2.21 bits per heavy atom. The molecule has 0 unspecified atom stereocenters. The molecule has 1 atom stereocenters. The van der Waals surface area contributed by atoms with Gasteiger partial charge in [-0.25, -0.2) is 0 Å². The molecule has 1 aliphatic rings. The van der Waals surface area contributed by atoms with Crippen molar-refractivity contribution in [1.82, 2.24) is 4.98 Å². The van der Waals surface area contributed by atoms with Gasteiger partial charge in [0, 0.05) is 25.6 Å². The molecule has 0 radical (unpaired) electrons. The van der Waals surface area contributed by atoms with Gasteiger partial charge in [-0.2, -0.15) is 0 Å². The third-order valence-electron chi connectivity index (χ3n) is 2.74. The number of rotatable bonds is 2. The molecule has 0 aromatic carbocycles. The van der Waals surface area contributed by atoms with Crippen LogP contribution in [0.3, 0.4) is 0 Å². The first kappa shape index (κ1) is 9.62. The second-order valence-corrected chi connectivity index (χ2v) is 3.68. The van der Waals surface area contributed by atoms with Crippen molar-refractivity contribution in [3.8, 4) is 0 Å². The predicted molar refractivity (Wildman–Crippen MR) is 52.7 cm³/mol. The Bertz CT molecular complexity index is 270. The molecule has 2 heterocycles. The molecule has 3 nitrogen and oxygen atoms in total. The highest BCUT2D eigenvalue weighted by molar-refractivity contribution is 5.12. The van der Waals surface area contributed by atoms with Gasteiger partial charge in [0.1, 0.15) is 0 Å². The van der Waals surface area contributed by atoms with Crippen molar-refractivity contribution in [2.45, 2.75) is 18.9 Å². The van der Waals surface area contributed by atoms with Crippen LogP contribution in [0.2, 0.25) is 0 Å². The van der Waals surface area contributed by atoms with E-state index >= 15 is 0 Å². The molecule has 2 rings (SSSR count). The first-order chi connectivity index (χ1) is 6.88. The van der Waals surface area contributed by atoms with Crippen LogP contribution in [0.15, 0.2) is 24.5 Å². The highest BCUT2D eigenvalue weighted by atomic mass is 16.5. The van der Waals surface area contributed by atoms with Crippen LogP contribution in [0, 0.1) is 5.92 Å². The Morgan fingerprint density at radius 1 is 1.43 bits per heavy atom. The Morgan fingerprint density at radius 3 is 2.86 bits per heavy atom. The van der Waals surface area contributed by atoms with Crippen LogP contribution < -0.4 is 0 Å². The van der Waals surface area contributed by atoms with Crippen molar-refractivity contribution < 1.29 is 9.84 Å². The van der Waals surface area contributed by atoms with E-state index < -0.39 is 0 Å². The van der Waals surface area contributed by atoms with Crippen molar-refractivity contribution in [3.63, 3.8) is 0 Å². The van der Waals surface area contributed by atoms with Gasteiger partial charge in [-0.05, 0) is 30.4 Å². The third-order valence-corrected chi connectivity index (χ3v) is 2.74. The lowest BCUT2D eigenvalue weighted by atomic mass is 9.90. The zero-order valence-corrected chi connectivity index (χ0v) is 8.10. The Hall–Kier alpha value is -0.930. The summed E-state index contributed by atoms with van der Waals surface area (Å²) in [4.78, 5) is 4.01. The van der Waals surface area contributed by atoms with Gasteiger partial charge in [0.05, 0.1) is 6.10 Å². The summed E-state index contributed by atoms with van der Waals surface area (Å²) in [5.74, 6) is 0.327. The van der Waals surface area contributed by atoms with Gasteiger partial charge >= 0.3 is 0 Å². The van der Waals surface area contributed by atoms with Gasteiger partial charge in [-0.1, -0.05) is 6.07 Å². The average molecular weight is 193 g/mol. The number of hydrogen-bond acceptors (Lipinski definition) is 3. The monoisotopic (exact) mass is 193 g/mol. The van der Waals surface area contributed by atoms with Crippen LogP contribution in [-0.2, 0) is 4.74 Å². The van der Waals surface area contributed by atoms with E-state index in [9.17, 15) is 5.11 Å². The van der Waals surface area contributed by atoms with E-state index in [1.54, 1.807) is 12.4 Å². The van der Waals surface area contributed by atoms with Crippen LogP contribution >= 0.6 is 0 Å². The minimum atomic E-state index is -0.382. The molecule has 76 valence electrons. The molecule has 0 saturated carbocycles. The van der Waals surface area contributed by atoms with E-state index in [1.807, 2.05) is 12.1 Å². The maximum absolute atomic E-state index is 10.0. The van der Waals surface area contributed by atoms with Gasteiger partial charge in [-0.15, -0.1) is 0 Å². The molecule has 1 saturated heterocycles. The molecule has 1 aliphatic heterocycles. The second kappa shape index (κ2) is 4.53. The minimum absolute atomic E-state index is 0.327. The van der Waals surface area contributed by atoms with E-state index in [4.69, 9.17) is 4.74 Å². The van der Waals surface area contributed by atoms with Crippen LogP contribution in [0.4, 0.5) is 0 Å². The van der Waals surface area contributed by atoms with Gasteiger partial charge in [0.15, 0.2) is 0 Å². The number of ether oxygens (including phenoxy) is 1. The maximum atomic E-state index is 10.0. The number of aliphatic hydroxyl groups is 1. The van der Waals surface area contributed by atoms with Gasteiger partial charge < -0.3 is 9.84 Å². The van der Waals surface area contributed by atoms with Crippen molar-refractivity contribution in [2.24, 2.45) is 5.92 Å². The molecule has 0 amide bonds. The number of aromatic nitrogens is 1. The van der Waals surface area contributed by atoms with Crippen molar-refractivity contribution in [1.29, 1.82) is 0 Å². The fraction of sp³-hybridized carbons (Fsp3) is 0.545. The predicted octanol–water partition coefficient (Wildman–Crippen LogP) is 1.54. The first-order valence-corrected chi connectivity index (χ1v) is 5.03. The van der Waals surface area contributed by atoms with E-state index in [0.29, 0.717) is 5.92 Å². The summed E-state index contributed by atoms with van der Waals surface area (Å²) in [5.41, 5.74) is 0.916. The Labute approximate surface area is 83.7 Å². The topological polar surface area (TPSA) is 42.4 Å². The van der Waals surface area contributed by atoms with E-state index in [-0.39, 0.29) is 6.10 Å². The highest BCUT2D eigenvalue weighted by Crippen LogP contribution is 2.29. The van der Waals surface area contributed by atoms with Gasteiger partial charge in [-0.3, -0.25) is 4.98 Å². The Balaban J connectivity index is 2.03. The normalized spacial score (nSPS) is 20.6. The molecular weight excluding hydrogens is 178 g/mol. The summed E-state index contributed by atoms with van der Waals surface area (Å²) in [6, 6.07) is 3.78. The fourth-order valence-corrected chi connectivity index (χ4v) is 1.85. The van der Waals surface area contributed by atoms with Crippen LogP contribution in [0.25, 0.3) is 0 Å². The quantitative estimate of drug-likeness (QED) is 0.774. The molecule has 1 fully saturated rings. The number of pyridine rings is 1. The van der Waals surface area contributed by atoms with E-state index in [1.165, 1.54) is 0 Å². The summed E-state index contributed by atoms with van der Waals surface area (Å²) in [6.45, 7) is 1.53. The van der Waals surface area contributed by atoms with Crippen LogP contribution in [0.5, 0.6) is 0 Å². The summed E-state index contributed by atoms with van der Waals surface area (Å²) in [6.07, 6.45) is 4.96. The highest BCUT2D eigenvalue weighted by Gasteiger charge is 2.23. The minimum Gasteiger partial charge on any atom is -0.388 e. The maximum Gasteiger partial charge on any atom is 0.0834 e. The molecule has 1 aromatic rings. The molecule has 0 spiro atoms. The van der Waals surface area contributed by atoms with Crippen molar-refractivity contribution in [2.75, 3.05) is 13.2 Å². The summed E-state index contributed by atoms with van der Waals surface area (Å²) in [7, 11) is 0. The lowest BCUT2D eigenvalue weighted by Gasteiger charge is -2.26. The zero-order chi connectivity index (χ0) is 9.80. The van der Waals surface area contributed by atoms with Gasteiger partial charge in [0.25, 0.3) is 0 Å². The van der Waals surface area contributed by atoms with E-state index in [0.717, 1.165) is 31.6 Å². The largest absolute Gasteiger partial charge is 0.388 e. The summed E-state index contributed by atoms with van der Waals surface area (Å²) >= 11 is 0. The standard InChI is InChI=1S/C11H15NO2/c13-11(9-3-6-14-7-4-9)10-2-1-5-12-8-10/h1-2,5,8-9,11,13H,3-4,6-7H2/t11-/m0/s1. The smallest absolute Gasteiger partial charge is 0.0834 e. The molecule has 3 heteroatoms. The SMILES string of the molecule is O[C@H](c1cccnc1)C1CCOCC1. The van der Waals surface area contributed by atoms with E-state index in [2.05, 4.69) is 4.98 Å². The zero-order valence-electron chi connectivity index (χ0n) is 8.10. The molecule has 1 aromatic heterocycles. The van der Waals surface area contributed by atoms with Crippen molar-refractivity contribution >= 4 is 0 Å². The molecular formula is C11H15NO2. The summed E-state index contributed by atoms with van der Waals surface area (Å²) in [5, 5.41) is 10.0. The molecule has 1 N–H and O–H groups in total. The first-order valence-electron chi connectivity index (χ1n) is 5.03. The van der Waals surface area contributed by atoms with Crippen LogP contribution in [0.1, 0.15) is 24.5 Å². The lowest BCUT2D eigenvalue weighted by Crippen LogP contribution is -2.21. The molecule has 0 aliphatic carbocycles. The second-order valence-electron chi connectivity index (χ2n) is 3.68. The third kappa shape index (κ3) is 2.11. The number of aliphatic hydroxyl groups excluding tert-OH is 1. The summed E-state index contributed by atoms with van der Waals surface area (Å²) < 4.78 is 5.26. The number of hydrogen-bond donors (Lipinski definition) is 1. The molecule has 14 heavy (non-hydrogen) atoms. The fourth-order valence-electron chi connectivity index (χ4n) is 1.85.